The van der Waals surface area contributed by atoms with Crippen molar-refractivity contribution in [3.63, 3.8) is 0 Å². The summed E-state index contributed by atoms with van der Waals surface area (Å²) in [5, 5.41) is 3.29. The molecule has 1 aliphatic rings. The van der Waals surface area contributed by atoms with Gasteiger partial charge in [-0.2, -0.15) is 12.7 Å². The van der Waals surface area contributed by atoms with Crippen molar-refractivity contribution in [2.75, 3.05) is 32.7 Å². The highest BCUT2D eigenvalue weighted by Crippen LogP contribution is 2.11. The van der Waals surface area contributed by atoms with Gasteiger partial charge in [-0.1, -0.05) is 13.8 Å². The number of nitrogens with zero attached hydrogens (tertiary/aromatic N) is 1. The van der Waals surface area contributed by atoms with Crippen molar-refractivity contribution in [3.05, 3.63) is 0 Å². The van der Waals surface area contributed by atoms with Crippen molar-refractivity contribution in [1.29, 1.82) is 0 Å². The smallest absolute Gasteiger partial charge is 0.279 e. The van der Waals surface area contributed by atoms with E-state index in [1.54, 1.807) is 4.31 Å². The fourth-order valence-corrected chi connectivity index (χ4v) is 3.73. The van der Waals surface area contributed by atoms with Gasteiger partial charge in [-0.3, -0.25) is 0 Å². The maximum absolute atomic E-state index is 12.2. The SMILES string of the molecule is CCCN(CCC)S(=O)(=O)NCC1CCNCC1. The average molecular weight is 277 g/mol. The van der Waals surface area contributed by atoms with E-state index >= 15 is 0 Å². The Morgan fingerprint density at radius 2 is 1.72 bits per heavy atom. The zero-order valence-electron chi connectivity index (χ0n) is 11.6. The number of rotatable bonds is 8. The van der Waals surface area contributed by atoms with Crippen LogP contribution >= 0.6 is 0 Å². The highest BCUT2D eigenvalue weighted by atomic mass is 32.2. The van der Waals surface area contributed by atoms with Crippen LogP contribution in [0.25, 0.3) is 0 Å². The Labute approximate surface area is 112 Å². The highest BCUT2D eigenvalue weighted by Gasteiger charge is 2.22. The molecule has 0 aromatic rings. The zero-order valence-corrected chi connectivity index (χ0v) is 12.4. The lowest BCUT2D eigenvalue weighted by molar-refractivity contribution is 0.359. The Kier molecular flexibility index (Phi) is 7.14. The third kappa shape index (κ3) is 5.22. The lowest BCUT2D eigenvalue weighted by atomic mass is 9.99. The van der Waals surface area contributed by atoms with E-state index in [0.717, 1.165) is 38.8 Å². The summed E-state index contributed by atoms with van der Waals surface area (Å²) in [6, 6.07) is 0. The van der Waals surface area contributed by atoms with Crippen LogP contribution in [0.15, 0.2) is 0 Å². The van der Waals surface area contributed by atoms with Crippen LogP contribution in [0.2, 0.25) is 0 Å². The molecule has 0 bridgehead atoms. The molecule has 18 heavy (non-hydrogen) atoms. The van der Waals surface area contributed by atoms with Gasteiger partial charge in [0.15, 0.2) is 0 Å². The van der Waals surface area contributed by atoms with E-state index in [2.05, 4.69) is 10.0 Å². The van der Waals surface area contributed by atoms with Gasteiger partial charge in [-0.05, 0) is 44.7 Å². The van der Waals surface area contributed by atoms with E-state index in [1.165, 1.54) is 0 Å². The lowest BCUT2D eigenvalue weighted by Crippen LogP contribution is -2.44. The van der Waals surface area contributed by atoms with Crippen molar-refractivity contribution >= 4 is 10.2 Å². The molecule has 1 saturated heterocycles. The first-order valence-corrected chi connectivity index (χ1v) is 8.49. The van der Waals surface area contributed by atoms with Gasteiger partial charge in [-0.15, -0.1) is 0 Å². The molecule has 2 N–H and O–H groups in total. The number of nitrogens with one attached hydrogen (secondary N) is 2. The zero-order chi connectivity index (χ0) is 13.4. The summed E-state index contributed by atoms with van der Waals surface area (Å²) in [6.07, 6.45) is 3.83. The van der Waals surface area contributed by atoms with Crippen LogP contribution in [0.4, 0.5) is 0 Å². The van der Waals surface area contributed by atoms with Gasteiger partial charge >= 0.3 is 0 Å². The van der Waals surface area contributed by atoms with E-state index in [-0.39, 0.29) is 0 Å². The molecule has 108 valence electrons. The largest absolute Gasteiger partial charge is 0.317 e. The van der Waals surface area contributed by atoms with Crippen molar-refractivity contribution in [1.82, 2.24) is 14.3 Å². The van der Waals surface area contributed by atoms with E-state index < -0.39 is 10.2 Å². The van der Waals surface area contributed by atoms with Gasteiger partial charge in [0.05, 0.1) is 0 Å². The standard InChI is InChI=1S/C12H27N3O2S/c1-3-9-15(10-4-2)18(16,17)14-11-12-5-7-13-8-6-12/h12-14H,3-11H2,1-2H3. The number of hydrogen-bond acceptors (Lipinski definition) is 3. The Hall–Kier alpha value is -0.170. The van der Waals surface area contributed by atoms with Gasteiger partial charge in [0, 0.05) is 19.6 Å². The van der Waals surface area contributed by atoms with Crippen molar-refractivity contribution in [2.24, 2.45) is 5.92 Å². The summed E-state index contributed by atoms with van der Waals surface area (Å²) < 4.78 is 28.6. The first kappa shape index (κ1) is 15.9. The Morgan fingerprint density at radius 3 is 2.22 bits per heavy atom. The molecule has 0 unspecified atom stereocenters. The summed E-state index contributed by atoms with van der Waals surface area (Å²) >= 11 is 0. The minimum absolute atomic E-state index is 0.478. The molecule has 1 fully saturated rings. The molecule has 1 heterocycles. The van der Waals surface area contributed by atoms with Crippen molar-refractivity contribution in [2.45, 2.75) is 39.5 Å². The Bertz CT molecular complexity index is 307. The van der Waals surface area contributed by atoms with Crippen LogP contribution in [-0.4, -0.2) is 45.4 Å². The fourth-order valence-electron chi connectivity index (χ4n) is 2.25. The molecule has 0 aliphatic carbocycles. The van der Waals surface area contributed by atoms with Crippen LogP contribution < -0.4 is 10.0 Å². The summed E-state index contributed by atoms with van der Waals surface area (Å²) in [5.74, 6) is 0.478. The molecule has 0 saturated carbocycles. The first-order chi connectivity index (χ1) is 8.60. The normalized spacial score (nSPS) is 18.4. The summed E-state index contributed by atoms with van der Waals surface area (Å²) in [7, 11) is -3.28. The van der Waals surface area contributed by atoms with Crippen LogP contribution in [0, 0.1) is 5.92 Å². The minimum Gasteiger partial charge on any atom is -0.317 e. The Balaban J connectivity index is 2.45. The maximum atomic E-state index is 12.2. The van der Waals surface area contributed by atoms with Crippen LogP contribution in [0.1, 0.15) is 39.5 Å². The molecule has 0 radical (unpaired) electrons. The number of piperidine rings is 1. The molecule has 0 atom stereocenters. The predicted molar refractivity (Wildman–Crippen MR) is 74.7 cm³/mol. The third-order valence-electron chi connectivity index (χ3n) is 3.30. The molecular formula is C12H27N3O2S. The minimum atomic E-state index is -3.28. The third-order valence-corrected chi connectivity index (χ3v) is 4.88. The molecule has 1 aliphatic heterocycles. The topological polar surface area (TPSA) is 61.4 Å². The van der Waals surface area contributed by atoms with E-state index in [9.17, 15) is 8.42 Å². The summed E-state index contributed by atoms with van der Waals surface area (Å²) in [5.41, 5.74) is 0. The van der Waals surface area contributed by atoms with E-state index in [4.69, 9.17) is 0 Å². The average Bonchev–Trinajstić information content (AvgIpc) is 2.37. The first-order valence-electron chi connectivity index (χ1n) is 7.05. The van der Waals surface area contributed by atoms with Gasteiger partial charge in [0.25, 0.3) is 10.2 Å². The lowest BCUT2D eigenvalue weighted by Gasteiger charge is -2.25. The van der Waals surface area contributed by atoms with Crippen LogP contribution in [0.3, 0.4) is 0 Å². The molecule has 0 amide bonds. The summed E-state index contributed by atoms with van der Waals surface area (Å²) in [6.45, 7) is 7.80. The molecule has 0 aromatic carbocycles. The highest BCUT2D eigenvalue weighted by molar-refractivity contribution is 7.87. The van der Waals surface area contributed by atoms with Crippen molar-refractivity contribution < 1.29 is 8.42 Å². The Morgan fingerprint density at radius 1 is 1.17 bits per heavy atom. The predicted octanol–water partition coefficient (Wildman–Crippen LogP) is 0.942. The van der Waals surface area contributed by atoms with Crippen molar-refractivity contribution in [3.8, 4) is 0 Å². The fraction of sp³-hybridized carbons (Fsp3) is 1.00. The maximum Gasteiger partial charge on any atom is 0.279 e. The molecule has 5 nitrogen and oxygen atoms in total. The molecule has 6 heteroatoms. The molecule has 0 aromatic heterocycles. The van der Waals surface area contributed by atoms with E-state index in [1.807, 2.05) is 13.8 Å². The monoisotopic (exact) mass is 277 g/mol. The molecular weight excluding hydrogens is 250 g/mol. The molecule has 0 spiro atoms. The van der Waals surface area contributed by atoms with E-state index in [0.29, 0.717) is 25.6 Å². The number of hydrogen-bond donors (Lipinski definition) is 2. The van der Waals surface area contributed by atoms with Crippen LogP contribution in [-0.2, 0) is 10.2 Å². The van der Waals surface area contributed by atoms with Gasteiger partial charge < -0.3 is 5.32 Å². The van der Waals surface area contributed by atoms with Gasteiger partial charge in [-0.25, -0.2) is 4.72 Å². The quantitative estimate of drug-likeness (QED) is 0.694. The summed E-state index contributed by atoms with van der Waals surface area (Å²) in [4.78, 5) is 0. The second kappa shape index (κ2) is 8.09. The van der Waals surface area contributed by atoms with Gasteiger partial charge in [0.1, 0.15) is 0 Å². The second-order valence-electron chi connectivity index (χ2n) is 4.95. The molecule has 1 rings (SSSR count). The van der Waals surface area contributed by atoms with Gasteiger partial charge in [0.2, 0.25) is 0 Å². The second-order valence-corrected chi connectivity index (χ2v) is 6.70. The van der Waals surface area contributed by atoms with Crippen LogP contribution in [0.5, 0.6) is 0 Å².